The molecule has 1 aliphatic rings. The van der Waals surface area contributed by atoms with Crippen LogP contribution in [-0.4, -0.2) is 26.8 Å². The highest BCUT2D eigenvalue weighted by atomic mass is 35.5. The van der Waals surface area contributed by atoms with Crippen molar-refractivity contribution in [2.45, 2.75) is 6.10 Å². The SMILES string of the molecule is COc1ccc(C2CNCCO2)cc1.Cl. The molecule has 15 heavy (non-hydrogen) atoms. The Balaban J connectivity index is 0.00000112. The minimum Gasteiger partial charge on any atom is -0.497 e. The smallest absolute Gasteiger partial charge is 0.118 e. The Kier molecular flexibility index (Phi) is 4.88. The maximum atomic E-state index is 5.63. The summed E-state index contributed by atoms with van der Waals surface area (Å²) in [7, 11) is 1.67. The van der Waals surface area contributed by atoms with Gasteiger partial charge in [-0.2, -0.15) is 0 Å². The van der Waals surface area contributed by atoms with Crippen molar-refractivity contribution in [1.29, 1.82) is 0 Å². The Labute approximate surface area is 96.2 Å². The van der Waals surface area contributed by atoms with Crippen LogP contribution in [0.25, 0.3) is 0 Å². The van der Waals surface area contributed by atoms with E-state index in [2.05, 4.69) is 17.4 Å². The molecule has 0 spiro atoms. The Morgan fingerprint density at radius 1 is 1.33 bits per heavy atom. The van der Waals surface area contributed by atoms with Gasteiger partial charge in [0.2, 0.25) is 0 Å². The number of nitrogens with one attached hydrogen (secondary N) is 1. The van der Waals surface area contributed by atoms with Gasteiger partial charge in [0.25, 0.3) is 0 Å². The van der Waals surface area contributed by atoms with E-state index in [1.54, 1.807) is 7.11 Å². The zero-order chi connectivity index (χ0) is 9.80. The number of ether oxygens (including phenoxy) is 2. The van der Waals surface area contributed by atoms with Crippen LogP contribution in [0.5, 0.6) is 5.75 Å². The molecular weight excluding hydrogens is 214 g/mol. The molecule has 1 aromatic rings. The fourth-order valence-corrected chi connectivity index (χ4v) is 1.60. The van der Waals surface area contributed by atoms with Gasteiger partial charge in [-0.15, -0.1) is 12.4 Å². The van der Waals surface area contributed by atoms with Crippen LogP contribution in [0.15, 0.2) is 24.3 Å². The molecule has 84 valence electrons. The first kappa shape index (κ1) is 12.3. The van der Waals surface area contributed by atoms with Gasteiger partial charge in [0.1, 0.15) is 5.75 Å². The van der Waals surface area contributed by atoms with Crippen LogP contribution in [0, 0.1) is 0 Å². The van der Waals surface area contributed by atoms with Crippen molar-refractivity contribution in [3.05, 3.63) is 29.8 Å². The van der Waals surface area contributed by atoms with Crippen molar-refractivity contribution >= 4 is 12.4 Å². The summed E-state index contributed by atoms with van der Waals surface area (Å²) in [5.41, 5.74) is 1.21. The average molecular weight is 230 g/mol. The van der Waals surface area contributed by atoms with E-state index < -0.39 is 0 Å². The van der Waals surface area contributed by atoms with Crippen LogP contribution >= 0.6 is 12.4 Å². The quantitative estimate of drug-likeness (QED) is 0.839. The third-order valence-electron chi connectivity index (χ3n) is 2.42. The number of hydrogen-bond donors (Lipinski definition) is 1. The van der Waals surface area contributed by atoms with Crippen molar-refractivity contribution in [2.75, 3.05) is 26.8 Å². The number of morpholine rings is 1. The summed E-state index contributed by atoms with van der Waals surface area (Å²) in [5, 5.41) is 3.31. The lowest BCUT2D eigenvalue weighted by molar-refractivity contribution is 0.0277. The van der Waals surface area contributed by atoms with E-state index in [0.717, 1.165) is 25.4 Å². The van der Waals surface area contributed by atoms with Gasteiger partial charge in [0, 0.05) is 13.1 Å². The molecule has 3 nitrogen and oxygen atoms in total. The highest BCUT2D eigenvalue weighted by molar-refractivity contribution is 5.85. The Hall–Kier alpha value is -0.770. The fourth-order valence-electron chi connectivity index (χ4n) is 1.60. The molecule has 0 bridgehead atoms. The largest absolute Gasteiger partial charge is 0.497 e. The molecule has 1 atom stereocenters. The molecule has 1 aliphatic heterocycles. The van der Waals surface area contributed by atoms with E-state index in [-0.39, 0.29) is 18.5 Å². The molecule has 0 amide bonds. The van der Waals surface area contributed by atoms with Gasteiger partial charge >= 0.3 is 0 Å². The molecule has 1 fully saturated rings. The summed E-state index contributed by atoms with van der Waals surface area (Å²) in [5.74, 6) is 0.887. The van der Waals surface area contributed by atoms with Crippen LogP contribution in [0.4, 0.5) is 0 Å². The van der Waals surface area contributed by atoms with E-state index in [9.17, 15) is 0 Å². The van der Waals surface area contributed by atoms with Crippen molar-refractivity contribution in [3.63, 3.8) is 0 Å². The number of methoxy groups -OCH3 is 1. The van der Waals surface area contributed by atoms with Crippen LogP contribution in [0.2, 0.25) is 0 Å². The molecule has 1 N–H and O–H groups in total. The van der Waals surface area contributed by atoms with E-state index in [1.807, 2.05) is 12.1 Å². The molecule has 0 aromatic heterocycles. The van der Waals surface area contributed by atoms with Crippen LogP contribution < -0.4 is 10.1 Å². The third kappa shape index (κ3) is 3.09. The first-order valence-electron chi connectivity index (χ1n) is 4.86. The molecule has 1 saturated heterocycles. The highest BCUT2D eigenvalue weighted by Gasteiger charge is 2.14. The molecule has 1 heterocycles. The topological polar surface area (TPSA) is 30.5 Å². The lowest BCUT2D eigenvalue weighted by Crippen LogP contribution is -2.33. The third-order valence-corrected chi connectivity index (χ3v) is 2.42. The highest BCUT2D eigenvalue weighted by Crippen LogP contribution is 2.21. The second kappa shape index (κ2) is 5.95. The predicted molar refractivity (Wildman–Crippen MR) is 61.8 cm³/mol. The first-order valence-corrected chi connectivity index (χ1v) is 4.86. The van der Waals surface area contributed by atoms with Gasteiger partial charge in [-0.05, 0) is 17.7 Å². The minimum absolute atomic E-state index is 0. The molecule has 4 heteroatoms. The van der Waals surface area contributed by atoms with E-state index in [4.69, 9.17) is 9.47 Å². The molecule has 0 aliphatic carbocycles. The summed E-state index contributed by atoms with van der Waals surface area (Å²) in [6.07, 6.45) is 0.189. The van der Waals surface area contributed by atoms with Gasteiger partial charge in [0.05, 0.1) is 19.8 Å². The number of halogens is 1. The standard InChI is InChI=1S/C11H15NO2.ClH/c1-13-10-4-2-9(3-5-10)11-8-12-6-7-14-11;/h2-5,11-12H,6-8H2,1H3;1H. The van der Waals surface area contributed by atoms with Gasteiger partial charge in [0.15, 0.2) is 0 Å². The van der Waals surface area contributed by atoms with Crippen LogP contribution in [0.1, 0.15) is 11.7 Å². The summed E-state index contributed by atoms with van der Waals surface area (Å²) in [6, 6.07) is 8.04. The predicted octanol–water partition coefficient (Wildman–Crippen LogP) is 1.78. The molecule has 2 rings (SSSR count). The second-order valence-electron chi connectivity index (χ2n) is 3.34. The number of rotatable bonds is 2. The Morgan fingerprint density at radius 3 is 2.60 bits per heavy atom. The minimum atomic E-state index is 0. The molecule has 0 radical (unpaired) electrons. The lowest BCUT2D eigenvalue weighted by atomic mass is 10.1. The second-order valence-corrected chi connectivity index (χ2v) is 3.34. The maximum Gasteiger partial charge on any atom is 0.118 e. The van der Waals surface area contributed by atoms with E-state index in [1.165, 1.54) is 5.56 Å². The normalized spacial score (nSPS) is 20.5. The van der Waals surface area contributed by atoms with Crippen molar-refractivity contribution in [3.8, 4) is 5.75 Å². The van der Waals surface area contributed by atoms with Gasteiger partial charge < -0.3 is 14.8 Å². The van der Waals surface area contributed by atoms with Crippen molar-refractivity contribution in [2.24, 2.45) is 0 Å². The zero-order valence-corrected chi connectivity index (χ0v) is 9.55. The number of benzene rings is 1. The summed E-state index contributed by atoms with van der Waals surface area (Å²) >= 11 is 0. The summed E-state index contributed by atoms with van der Waals surface area (Å²) in [4.78, 5) is 0. The van der Waals surface area contributed by atoms with Gasteiger partial charge in [-0.25, -0.2) is 0 Å². The molecular formula is C11H16ClNO2. The van der Waals surface area contributed by atoms with Crippen LogP contribution in [-0.2, 0) is 4.74 Å². The fraction of sp³-hybridized carbons (Fsp3) is 0.455. The van der Waals surface area contributed by atoms with E-state index >= 15 is 0 Å². The summed E-state index contributed by atoms with van der Waals surface area (Å²) in [6.45, 7) is 2.63. The van der Waals surface area contributed by atoms with Gasteiger partial charge in [-0.1, -0.05) is 12.1 Å². The molecule has 1 aromatic carbocycles. The summed E-state index contributed by atoms with van der Waals surface area (Å²) < 4.78 is 10.7. The van der Waals surface area contributed by atoms with Crippen molar-refractivity contribution in [1.82, 2.24) is 5.32 Å². The monoisotopic (exact) mass is 229 g/mol. The Morgan fingerprint density at radius 2 is 2.07 bits per heavy atom. The number of hydrogen-bond acceptors (Lipinski definition) is 3. The van der Waals surface area contributed by atoms with E-state index in [0.29, 0.717) is 0 Å². The first-order chi connectivity index (χ1) is 6.90. The van der Waals surface area contributed by atoms with Crippen LogP contribution in [0.3, 0.4) is 0 Å². The van der Waals surface area contributed by atoms with Gasteiger partial charge in [-0.3, -0.25) is 0 Å². The zero-order valence-electron chi connectivity index (χ0n) is 8.73. The molecule has 1 unspecified atom stereocenters. The lowest BCUT2D eigenvalue weighted by Gasteiger charge is -2.23. The Bertz CT molecular complexity index is 283. The average Bonchev–Trinajstić information content (AvgIpc) is 2.30. The maximum absolute atomic E-state index is 5.63. The van der Waals surface area contributed by atoms with Crippen molar-refractivity contribution < 1.29 is 9.47 Å². The molecule has 0 saturated carbocycles.